The Bertz CT molecular complexity index is 1410. The first-order valence-corrected chi connectivity index (χ1v) is 12.5. The molecular weight excluding hydrogens is 448 g/mol. The lowest BCUT2D eigenvalue weighted by Gasteiger charge is -2.28. The van der Waals surface area contributed by atoms with E-state index in [0.29, 0.717) is 30.0 Å². The van der Waals surface area contributed by atoms with Crippen LogP contribution in [0.1, 0.15) is 5.69 Å². The van der Waals surface area contributed by atoms with Crippen molar-refractivity contribution < 1.29 is 13.2 Å². The molecule has 1 aliphatic heterocycles. The van der Waals surface area contributed by atoms with Gasteiger partial charge in [0.1, 0.15) is 0 Å². The molecule has 2 heterocycles. The van der Waals surface area contributed by atoms with Crippen molar-refractivity contribution in [2.45, 2.75) is 18.0 Å². The standard InChI is InChI=1S/C26H24N4O3S/c31-26(30-18-17-29-16-6-9-23(29)19-30)27-21-12-14-22(15-13-21)28-34(32,33)25-11-5-4-10-24(25)20-7-2-1-3-8-20/h1-16,28H,17-19H2,(H,27,31). The number of carbonyl (C=O) groups is 1. The van der Waals surface area contributed by atoms with Crippen LogP contribution in [0.3, 0.4) is 0 Å². The van der Waals surface area contributed by atoms with Crippen molar-refractivity contribution >= 4 is 27.4 Å². The van der Waals surface area contributed by atoms with Crippen molar-refractivity contribution in [3.05, 3.63) is 103 Å². The second-order valence-electron chi connectivity index (χ2n) is 8.09. The van der Waals surface area contributed by atoms with Crippen molar-refractivity contribution in [2.24, 2.45) is 0 Å². The molecule has 0 atom stereocenters. The average Bonchev–Trinajstić information content (AvgIpc) is 3.34. The molecule has 5 rings (SSSR count). The lowest BCUT2D eigenvalue weighted by molar-refractivity contribution is 0.197. The average molecular weight is 473 g/mol. The first-order valence-electron chi connectivity index (χ1n) is 11.0. The highest BCUT2D eigenvalue weighted by Gasteiger charge is 2.21. The van der Waals surface area contributed by atoms with Crippen LogP contribution in [0.2, 0.25) is 0 Å². The molecule has 0 aliphatic carbocycles. The summed E-state index contributed by atoms with van der Waals surface area (Å²) in [6.45, 7) is 1.95. The molecule has 172 valence electrons. The summed E-state index contributed by atoms with van der Waals surface area (Å²) in [5.74, 6) is 0. The molecule has 1 aromatic heterocycles. The van der Waals surface area contributed by atoms with E-state index in [1.54, 1.807) is 47.4 Å². The van der Waals surface area contributed by atoms with Crippen LogP contribution in [0.25, 0.3) is 11.1 Å². The molecule has 4 aromatic rings. The first kappa shape index (κ1) is 21.8. The fraction of sp³-hybridized carbons (Fsp3) is 0.115. The van der Waals surface area contributed by atoms with Crippen LogP contribution >= 0.6 is 0 Å². The maximum atomic E-state index is 13.2. The molecule has 2 amide bonds. The van der Waals surface area contributed by atoms with Gasteiger partial charge < -0.3 is 14.8 Å². The van der Waals surface area contributed by atoms with Crippen molar-refractivity contribution in [1.29, 1.82) is 0 Å². The lowest BCUT2D eigenvalue weighted by atomic mass is 10.1. The number of anilines is 2. The second-order valence-corrected chi connectivity index (χ2v) is 9.74. The van der Waals surface area contributed by atoms with Gasteiger partial charge in [-0.15, -0.1) is 0 Å². The van der Waals surface area contributed by atoms with Crippen LogP contribution in [-0.4, -0.2) is 30.5 Å². The van der Waals surface area contributed by atoms with Crippen LogP contribution in [0.15, 0.2) is 102 Å². The Balaban J connectivity index is 1.28. The van der Waals surface area contributed by atoms with Crippen LogP contribution < -0.4 is 10.0 Å². The first-order chi connectivity index (χ1) is 16.5. The number of amides is 2. The van der Waals surface area contributed by atoms with Gasteiger partial charge in [0.2, 0.25) is 0 Å². The number of sulfonamides is 1. The van der Waals surface area contributed by atoms with E-state index < -0.39 is 10.0 Å². The molecule has 1 aliphatic rings. The number of hydrogen-bond acceptors (Lipinski definition) is 3. The molecule has 0 fully saturated rings. The summed E-state index contributed by atoms with van der Waals surface area (Å²) in [5, 5.41) is 2.89. The highest BCUT2D eigenvalue weighted by atomic mass is 32.2. The molecular formula is C26H24N4O3S. The number of nitrogens with zero attached hydrogens (tertiary/aromatic N) is 2. The molecule has 3 aromatic carbocycles. The zero-order valence-corrected chi connectivity index (χ0v) is 19.2. The number of hydrogen-bond donors (Lipinski definition) is 2. The Labute approximate surface area is 198 Å². The molecule has 0 unspecified atom stereocenters. The summed E-state index contributed by atoms with van der Waals surface area (Å²) in [6, 6.07) is 26.8. The molecule has 0 saturated carbocycles. The second kappa shape index (κ2) is 9.07. The summed E-state index contributed by atoms with van der Waals surface area (Å²) in [7, 11) is -3.82. The van der Waals surface area contributed by atoms with Crippen molar-refractivity contribution in [1.82, 2.24) is 9.47 Å². The molecule has 0 spiro atoms. The largest absolute Gasteiger partial charge is 0.348 e. The van der Waals surface area contributed by atoms with Gasteiger partial charge in [0.25, 0.3) is 10.0 Å². The molecule has 8 heteroatoms. The minimum atomic E-state index is -3.82. The predicted molar refractivity (Wildman–Crippen MR) is 133 cm³/mol. The van der Waals surface area contributed by atoms with Gasteiger partial charge in [0.05, 0.1) is 11.4 Å². The van der Waals surface area contributed by atoms with Crippen LogP contribution in [0, 0.1) is 0 Å². The van der Waals surface area contributed by atoms with Gasteiger partial charge >= 0.3 is 6.03 Å². The number of nitrogens with one attached hydrogen (secondary N) is 2. The van der Waals surface area contributed by atoms with E-state index in [2.05, 4.69) is 14.6 Å². The predicted octanol–water partition coefficient (Wildman–Crippen LogP) is 5.00. The monoisotopic (exact) mass is 472 g/mol. The highest BCUT2D eigenvalue weighted by Crippen LogP contribution is 2.29. The Kier molecular flexibility index (Phi) is 5.81. The SMILES string of the molecule is O=C(Nc1ccc(NS(=O)(=O)c2ccccc2-c2ccccc2)cc1)N1CCn2cccc2C1. The fourth-order valence-corrected chi connectivity index (χ4v) is 5.37. The number of urea groups is 1. The van der Waals surface area contributed by atoms with E-state index in [0.717, 1.165) is 17.8 Å². The van der Waals surface area contributed by atoms with E-state index in [1.165, 1.54) is 0 Å². The number of benzene rings is 3. The van der Waals surface area contributed by atoms with Gasteiger partial charge in [-0.1, -0.05) is 48.5 Å². The van der Waals surface area contributed by atoms with E-state index in [1.807, 2.05) is 54.7 Å². The smallest absolute Gasteiger partial charge is 0.322 e. The summed E-state index contributed by atoms with van der Waals surface area (Å²) in [4.78, 5) is 14.6. The molecule has 0 bridgehead atoms. The van der Waals surface area contributed by atoms with E-state index in [9.17, 15) is 13.2 Å². The Hall–Kier alpha value is -4.04. The lowest BCUT2D eigenvalue weighted by Crippen LogP contribution is -2.40. The van der Waals surface area contributed by atoms with Crippen molar-refractivity contribution in [2.75, 3.05) is 16.6 Å². The van der Waals surface area contributed by atoms with Gasteiger partial charge in [-0.25, -0.2) is 13.2 Å². The van der Waals surface area contributed by atoms with Crippen LogP contribution in [-0.2, 0) is 23.1 Å². The van der Waals surface area contributed by atoms with E-state index in [-0.39, 0.29) is 10.9 Å². The summed E-state index contributed by atoms with van der Waals surface area (Å²) < 4.78 is 31.1. The van der Waals surface area contributed by atoms with Gasteiger partial charge in [0.15, 0.2) is 0 Å². The zero-order chi connectivity index (χ0) is 23.5. The third kappa shape index (κ3) is 4.53. The molecule has 7 nitrogen and oxygen atoms in total. The maximum Gasteiger partial charge on any atom is 0.322 e. The summed E-state index contributed by atoms with van der Waals surface area (Å²) >= 11 is 0. The van der Waals surface area contributed by atoms with Gasteiger partial charge in [-0.2, -0.15) is 0 Å². The third-order valence-corrected chi connectivity index (χ3v) is 7.26. The van der Waals surface area contributed by atoms with Gasteiger partial charge in [-0.05, 0) is 48.0 Å². The quantitative estimate of drug-likeness (QED) is 0.429. The molecule has 0 radical (unpaired) electrons. The molecule has 34 heavy (non-hydrogen) atoms. The number of aromatic nitrogens is 1. The molecule has 0 saturated heterocycles. The fourth-order valence-electron chi connectivity index (χ4n) is 4.08. The Morgan fingerprint density at radius 3 is 2.26 bits per heavy atom. The van der Waals surface area contributed by atoms with Gasteiger partial charge in [-0.3, -0.25) is 4.72 Å². The third-order valence-electron chi connectivity index (χ3n) is 5.82. The maximum absolute atomic E-state index is 13.2. The van der Waals surface area contributed by atoms with E-state index in [4.69, 9.17) is 0 Å². The topological polar surface area (TPSA) is 83.4 Å². The number of rotatable bonds is 5. The zero-order valence-electron chi connectivity index (χ0n) is 18.4. The normalized spacial score (nSPS) is 13.2. The number of fused-ring (bicyclic) bond motifs is 1. The summed E-state index contributed by atoms with van der Waals surface area (Å²) in [6.07, 6.45) is 2.02. The van der Waals surface area contributed by atoms with Crippen molar-refractivity contribution in [3.8, 4) is 11.1 Å². The number of carbonyl (C=O) groups excluding carboxylic acids is 1. The Morgan fingerprint density at radius 2 is 1.47 bits per heavy atom. The Morgan fingerprint density at radius 1 is 0.765 bits per heavy atom. The van der Waals surface area contributed by atoms with Crippen LogP contribution in [0.5, 0.6) is 0 Å². The molecule has 2 N–H and O–H groups in total. The minimum absolute atomic E-state index is 0.183. The van der Waals surface area contributed by atoms with Crippen molar-refractivity contribution in [3.63, 3.8) is 0 Å². The van der Waals surface area contributed by atoms with Crippen LogP contribution in [0.4, 0.5) is 16.2 Å². The summed E-state index contributed by atoms with van der Waals surface area (Å²) in [5.41, 5.74) is 3.57. The van der Waals surface area contributed by atoms with E-state index >= 15 is 0 Å². The minimum Gasteiger partial charge on any atom is -0.348 e. The highest BCUT2D eigenvalue weighted by molar-refractivity contribution is 7.92. The van der Waals surface area contributed by atoms with Gasteiger partial charge in [0, 0.05) is 41.9 Å².